The Morgan fingerprint density at radius 2 is 2.00 bits per heavy atom. The van der Waals surface area contributed by atoms with Crippen molar-refractivity contribution in [3.8, 4) is 16.9 Å². The number of phenols is 1. The third-order valence-electron chi connectivity index (χ3n) is 2.07. The highest BCUT2D eigenvalue weighted by Crippen LogP contribution is 2.37. The van der Waals surface area contributed by atoms with E-state index in [1.54, 1.807) is 0 Å². The minimum absolute atomic E-state index is 0.0190. The lowest BCUT2D eigenvalue weighted by molar-refractivity contribution is 0.475. The van der Waals surface area contributed by atoms with Crippen LogP contribution in [0.4, 0.5) is 0 Å². The predicted molar refractivity (Wildman–Crippen MR) is 56.3 cm³/mol. The summed E-state index contributed by atoms with van der Waals surface area (Å²) in [4.78, 5) is 0. The number of rotatable bonds is 1. The molecule has 0 bridgehead atoms. The molecule has 1 aliphatic carbocycles. The van der Waals surface area contributed by atoms with Crippen LogP contribution < -0.4 is 0 Å². The zero-order valence-electron chi connectivity index (χ0n) is 16.0. The van der Waals surface area contributed by atoms with Crippen molar-refractivity contribution in [1.82, 2.24) is 0 Å². The van der Waals surface area contributed by atoms with Gasteiger partial charge in [-0.1, -0.05) is 30.2 Å². The van der Waals surface area contributed by atoms with E-state index in [0.29, 0.717) is 0 Å². The number of phenolic OH excluding ortho intramolecular Hbond substituents is 1. The number of benzene rings is 2. The van der Waals surface area contributed by atoms with Gasteiger partial charge in [-0.05, 0) is 40.7 Å². The standard InChI is InChI=1S/C13H10O/c14-11-5-6-13-10(8-11)7-9-3-1-2-4-12(9)13/h1-6,8,14H,7H2/i1D,2D,3D,4D,5D,6D,7D,8D/hD. The first-order chi connectivity index (χ1) is 10.7. The first kappa shape index (κ1) is 2.86. The summed E-state index contributed by atoms with van der Waals surface area (Å²) in [5.41, 5.74) is -0.0953. The second-order valence-electron chi connectivity index (χ2n) is 2.93. The van der Waals surface area contributed by atoms with Crippen LogP contribution in [0.1, 0.15) is 22.1 Å². The average Bonchev–Trinajstić information content (AvgIpc) is 2.83. The molecule has 2 aromatic rings. The molecule has 0 saturated heterocycles. The molecular formula is C13H10O. The molecule has 0 amide bonds. The SMILES string of the molecule is [2H]Oc1c([2H])c([2H])c2c(c1[2H])C([2H])c1c([2H])c([2H])c([2H])c([2H])c1-2. The zero-order chi connectivity index (χ0) is 17.2. The molecule has 1 aliphatic rings. The van der Waals surface area contributed by atoms with Crippen LogP contribution in [0.3, 0.4) is 0 Å². The van der Waals surface area contributed by atoms with Gasteiger partial charge in [-0.25, -0.2) is 0 Å². The fraction of sp³-hybridized carbons (Fsp3) is 0.0769. The quantitative estimate of drug-likeness (QED) is 0.734. The smallest absolute Gasteiger partial charge is 0.293 e. The van der Waals surface area contributed by atoms with E-state index in [1.165, 1.54) is 0 Å². The average molecular weight is 191 g/mol. The fourth-order valence-corrected chi connectivity index (χ4v) is 1.48. The second kappa shape index (κ2) is 2.61. The van der Waals surface area contributed by atoms with Crippen LogP contribution in [-0.2, 0) is 6.40 Å². The van der Waals surface area contributed by atoms with E-state index in [4.69, 9.17) is 12.4 Å². The number of hydrogen-bond acceptors (Lipinski definition) is 1. The minimum atomic E-state index is -1.30. The Kier molecular flexibility index (Phi) is 0.534. The Bertz CT molecular complexity index is 862. The van der Waals surface area contributed by atoms with Crippen LogP contribution in [0.2, 0.25) is 0 Å². The largest absolute Gasteiger partial charge is 0.508 e. The third kappa shape index (κ3) is 0.956. The Hall–Kier alpha value is -1.76. The van der Waals surface area contributed by atoms with E-state index in [0.717, 1.165) is 0 Å². The topological polar surface area (TPSA) is 20.2 Å². The van der Waals surface area contributed by atoms with Crippen molar-refractivity contribution >= 4 is 0 Å². The van der Waals surface area contributed by atoms with Crippen molar-refractivity contribution in [2.75, 3.05) is 0 Å². The van der Waals surface area contributed by atoms with Gasteiger partial charge in [-0.3, -0.25) is 0 Å². The van der Waals surface area contributed by atoms with E-state index < -0.39 is 54.4 Å². The van der Waals surface area contributed by atoms with Crippen molar-refractivity contribution < 1.29 is 16.1 Å². The first-order valence-corrected chi connectivity index (χ1v) is 4.03. The minimum Gasteiger partial charge on any atom is -0.508 e. The molecule has 1 nitrogen and oxygen atoms in total. The van der Waals surface area contributed by atoms with E-state index >= 15 is 0 Å². The van der Waals surface area contributed by atoms with E-state index in [2.05, 4.69) is 5.11 Å². The lowest BCUT2D eigenvalue weighted by atomic mass is 10.1. The molecule has 0 saturated carbocycles. The lowest BCUT2D eigenvalue weighted by Crippen LogP contribution is -1.78. The van der Waals surface area contributed by atoms with Crippen molar-refractivity contribution in [3.05, 3.63) is 53.4 Å². The van der Waals surface area contributed by atoms with Crippen LogP contribution >= 0.6 is 0 Å². The predicted octanol–water partition coefficient (Wildman–Crippen LogP) is 2.96. The molecule has 1 atom stereocenters. The van der Waals surface area contributed by atoms with E-state index in [-0.39, 0.29) is 22.3 Å². The van der Waals surface area contributed by atoms with Gasteiger partial charge in [-0.2, -0.15) is 0 Å². The fourth-order valence-electron chi connectivity index (χ4n) is 1.48. The Morgan fingerprint density at radius 3 is 2.93 bits per heavy atom. The van der Waals surface area contributed by atoms with Crippen molar-refractivity contribution in [1.29, 1.82) is 1.43 Å². The van der Waals surface area contributed by atoms with Gasteiger partial charge in [0.05, 0.1) is 9.60 Å². The van der Waals surface area contributed by atoms with Gasteiger partial charge in [0.2, 0.25) is 0 Å². The van der Waals surface area contributed by atoms with Crippen LogP contribution in [0.15, 0.2) is 42.3 Å². The molecule has 0 heterocycles. The maximum atomic E-state index is 8.25. The summed E-state index contributed by atoms with van der Waals surface area (Å²) in [6.07, 6.45) is -1.30. The summed E-state index contributed by atoms with van der Waals surface area (Å²) in [6.45, 7) is 0. The second-order valence-corrected chi connectivity index (χ2v) is 2.93. The highest BCUT2D eigenvalue weighted by Gasteiger charge is 2.17. The summed E-state index contributed by atoms with van der Waals surface area (Å²) >= 11 is 0. The van der Waals surface area contributed by atoms with Crippen molar-refractivity contribution in [2.45, 2.75) is 6.40 Å². The van der Waals surface area contributed by atoms with E-state index in [1.807, 2.05) is 0 Å². The lowest BCUT2D eigenvalue weighted by Gasteiger charge is -1.99. The molecule has 0 radical (unpaired) electrons. The Morgan fingerprint density at radius 1 is 1.14 bits per heavy atom. The normalized spacial score (nSPS) is 26.3. The monoisotopic (exact) mass is 191 g/mol. The molecule has 1 unspecified atom stereocenters. The van der Waals surface area contributed by atoms with Crippen LogP contribution in [0, 0.1) is 0 Å². The third-order valence-corrected chi connectivity index (χ3v) is 2.07. The van der Waals surface area contributed by atoms with Crippen molar-refractivity contribution in [3.63, 3.8) is 0 Å². The van der Waals surface area contributed by atoms with Crippen molar-refractivity contribution in [2.24, 2.45) is 0 Å². The molecule has 0 aromatic heterocycles. The molecule has 14 heavy (non-hydrogen) atoms. The highest BCUT2D eigenvalue weighted by atomic mass is 16.3. The Labute approximate surface area is 95.4 Å². The number of aromatic hydroxyl groups is 1. The van der Waals surface area contributed by atoms with Gasteiger partial charge in [0.1, 0.15) is 5.75 Å². The molecule has 1 heteroatoms. The van der Waals surface area contributed by atoms with Crippen LogP contribution in [0.25, 0.3) is 11.1 Å². The summed E-state index contributed by atoms with van der Waals surface area (Å²) in [5.74, 6) is -0.464. The van der Waals surface area contributed by atoms with Crippen LogP contribution in [0.5, 0.6) is 5.75 Å². The molecule has 1 N–H and O–H groups in total. The zero-order valence-corrected chi connectivity index (χ0v) is 6.99. The van der Waals surface area contributed by atoms with Gasteiger partial charge in [-0.15, -0.1) is 0 Å². The molecule has 0 aliphatic heterocycles. The van der Waals surface area contributed by atoms with Gasteiger partial charge >= 0.3 is 0 Å². The summed E-state index contributed by atoms with van der Waals surface area (Å²) < 4.78 is 70.6. The van der Waals surface area contributed by atoms with Gasteiger partial charge in [0, 0.05) is 1.37 Å². The number of fused-ring (bicyclic) bond motifs is 3. The molecule has 2 aromatic carbocycles. The summed E-state index contributed by atoms with van der Waals surface area (Å²) in [7, 11) is 0. The maximum absolute atomic E-state index is 8.25. The maximum Gasteiger partial charge on any atom is 0.293 e. The first-order valence-electron chi connectivity index (χ1n) is 8.52. The van der Waals surface area contributed by atoms with E-state index in [9.17, 15) is 0 Å². The molecule has 3 rings (SSSR count). The number of hydrogen-bond donors (Lipinski definition) is 1. The molecule has 0 spiro atoms. The molecule has 68 valence electrons. The highest BCUT2D eigenvalue weighted by molar-refractivity contribution is 5.77. The molecular weight excluding hydrogens is 172 g/mol. The van der Waals surface area contributed by atoms with Gasteiger partial charge < -0.3 is 5.11 Å². The molecule has 0 fully saturated rings. The summed E-state index contributed by atoms with van der Waals surface area (Å²) in [6, 6.07) is -3.12. The Balaban J connectivity index is 2.53. The van der Waals surface area contributed by atoms with Gasteiger partial charge in [0.15, 0.2) is 0 Å². The van der Waals surface area contributed by atoms with Gasteiger partial charge in [0.25, 0.3) is 1.43 Å². The van der Waals surface area contributed by atoms with Crippen LogP contribution in [-0.4, -0.2) is 6.54 Å². The summed E-state index contributed by atoms with van der Waals surface area (Å²) in [5, 5.41) is 4.24.